The number of imide groups is 1. The molecule has 31 heavy (non-hydrogen) atoms. The molecule has 1 aromatic rings. The van der Waals surface area contributed by atoms with E-state index in [9.17, 15) is 9.59 Å². The van der Waals surface area contributed by atoms with Gasteiger partial charge in [0.25, 0.3) is 11.8 Å². The Kier molecular flexibility index (Phi) is 6.51. The van der Waals surface area contributed by atoms with Gasteiger partial charge in [-0.1, -0.05) is 31.7 Å². The number of piperazine rings is 1. The van der Waals surface area contributed by atoms with Gasteiger partial charge in [0.05, 0.1) is 19.8 Å². The Morgan fingerprint density at radius 1 is 0.839 bits per heavy atom. The minimum absolute atomic E-state index is 0.0115. The van der Waals surface area contributed by atoms with Crippen molar-refractivity contribution >= 4 is 17.4 Å². The highest BCUT2D eigenvalue weighted by atomic mass is 16.5. The lowest BCUT2D eigenvalue weighted by molar-refractivity contribution is -0.140. The summed E-state index contributed by atoms with van der Waals surface area (Å²) in [6.45, 7) is 3.21. The molecule has 168 valence electrons. The van der Waals surface area contributed by atoms with Crippen LogP contribution >= 0.6 is 0 Å². The summed E-state index contributed by atoms with van der Waals surface area (Å²) in [5.41, 5.74) is 1.76. The van der Waals surface area contributed by atoms with Crippen molar-refractivity contribution in [1.82, 2.24) is 14.7 Å². The van der Waals surface area contributed by atoms with Crippen LogP contribution < -0.4 is 9.47 Å². The summed E-state index contributed by atoms with van der Waals surface area (Å²) in [5.74, 6) is 0.855. The number of nitrogens with zero attached hydrogens (tertiary/aromatic N) is 3. The van der Waals surface area contributed by atoms with Crippen molar-refractivity contribution in [3.63, 3.8) is 0 Å². The first-order chi connectivity index (χ1) is 15.0. The van der Waals surface area contributed by atoms with Gasteiger partial charge in [0.1, 0.15) is 5.70 Å². The first kappa shape index (κ1) is 21.7. The van der Waals surface area contributed by atoms with Crippen molar-refractivity contribution in [1.29, 1.82) is 0 Å². The standard InChI is InChI=1S/C24H33N3O4/c1-25-12-14-26(15-13-25)22-21(17-10-11-19(30-2)20(16-17)31-3)23(28)27(24(22)29)18-8-6-4-5-7-9-18/h10-11,16,18H,4-9,12-15H2,1-3H3. The second-order valence-electron chi connectivity index (χ2n) is 8.71. The molecule has 1 saturated carbocycles. The van der Waals surface area contributed by atoms with E-state index < -0.39 is 0 Å². The van der Waals surface area contributed by atoms with Gasteiger partial charge >= 0.3 is 0 Å². The highest BCUT2D eigenvalue weighted by molar-refractivity contribution is 6.35. The molecule has 0 unspecified atom stereocenters. The molecule has 1 aromatic carbocycles. The van der Waals surface area contributed by atoms with Gasteiger partial charge in [-0.15, -0.1) is 0 Å². The Morgan fingerprint density at radius 2 is 1.48 bits per heavy atom. The third kappa shape index (κ3) is 4.15. The maximum atomic E-state index is 13.7. The molecule has 0 bridgehead atoms. The fourth-order valence-corrected chi connectivity index (χ4v) is 4.96. The van der Waals surface area contributed by atoms with Crippen LogP contribution in [0, 0.1) is 0 Å². The number of carbonyl (C=O) groups is 2. The van der Waals surface area contributed by atoms with Crippen LogP contribution in [0.1, 0.15) is 44.1 Å². The molecule has 7 heteroatoms. The maximum Gasteiger partial charge on any atom is 0.278 e. The van der Waals surface area contributed by atoms with Gasteiger partial charge in [0.15, 0.2) is 11.5 Å². The van der Waals surface area contributed by atoms with Crippen LogP contribution in [-0.4, -0.2) is 80.0 Å². The van der Waals surface area contributed by atoms with Gasteiger partial charge in [-0.25, -0.2) is 0 Å². The van der Waals surface area contributed by atoms with E-state index in [0.29, 0.717) is 28.3 Å². The number of likely N-dealkylation sites (N-methyl/N-ethyl adjacent to an activating group) is 1. The summed E-state index contributed by atoms with van der Waals surface area (Å²) in [6, 6.07) is 5.46. The predicted octanol–water partition coefficient (Wildman–Crippen LogP) is 2.75. The normalized spacial score (nSPS) is 21.6. The quantitative estimate of drug-likeness (QED) is 0.532. The molecular formula is C24H33N3O4. The lowest BCUT2D eigenvalue weighted by Crippen LogP contribution is -2.47. The second-order valence-corrected chi connectivity index (χ2v) is 8.71. The van der Waals surface area contributed by atoms with Crippen LogP contribution in [0.15, 0.2) is 23.9 Å². The number of amides is 2. The highest BCUT2D eigenvalue weighted by Crippen LogP contribution is 2.38. The molecule has 2 heterocycles. The van der Waals surface area contributed by atoms with Gasteiger partial charge in [0, 0.05) is 32.2 Å². The van der Waals surface area contributed by atoms with E-state index in [4.69, 9.17) is 9.47 Å². The Labute approximate surface area is 184 Å². The van der Waals surface area contributed by atoms with E-state index >= 15 is 0 Å². The summed E-state index contributed by atoms with van der Waals surface area (Å²) in [7, 11) is 5.25. The van der Waals surface area contributed by atoms with Gasteiger partial charge in [-0.2, -0.15) is 0 Å². The molecule has 0 spiro atoms. The molecule has 1 saturated heterocycles. The first-order valence-corrected chi connectivity index (χ1v) is 11.3. The molecule has 0 radical (unpaired) electrons. The number of carbonyl (C=O) groups excluding carboxylic acids is 2. The zero-order chi connectivity index (χ0) is 22.0. The van der Waals surface area contributed by atoms with Crippen molar-refractivity contribution in [2.45, 2.75) is 44.6 Å². The zero-order valence-corrected chi connectivity index (χ0v) is 18.9. The summed E-state index contributed by atoms with van der Waals surface area (Å²) in [5, 5.41) is 0. The molecule has 4 rings (SSSR count). The molecule has 0 N–H and O–H groups in total. The van der Waals surface area contributed by atoms with E-state index in [-0.39, 0.29) is 17.9 Å². The van der Waals surface area contributed by atoms with E-state index in [2.05, 4.69) is 16.8 Å². The Bertz CT molecular complexity index is 866. The Hall–Kier alpha value is -2.54. The van der Waals surface area contributed by atoms with Crippen LogP contribution in [-0.2, 0) is 9.59 Å². The average molecular weight is 428 g/mol. The van der Waals surface area contributed by atoms with Crippen LogP contribution in [0.5, 0.6) is 11.5 Å². The van der Waals surface area contributed by atoms with Gasteiger partial charge in [-0.05, 0) is 37.6 Å². The van der Waals surface area contributed by atoms with Crippen LogP contribution in [0.25, 0.3) is 5.57 Å². The van der Waals surface area contributed by atoms with E-state index in [0.717, 1.165) is 51.9 Å². The van der Waals surface area contributed by atoms with Crippen molar-refractivity contribution in [3.8, 4) is 11.5 Å². The SMILES string of the molecule is COc1ccc(C2=C(N3CCN(C)CC3)C(=O)N(C3CCCCCC3)C2=O)cc1OC. The molecule has 1 aliphatic carbocycles. The summed E-state index contributed by atoms with van der Waals surface area (Å²) >= 11 is 0. The van der Waals surface area contributed by atoms with Crippen LogP contribution in [0.3, 0.4) is 0 Å². The van der Waals surface area contributed by atoms with Crippen molar-refractivity contribution in [3.05, 3.63) is 29.5 Å². The number of hydrogen-bond acceptors (Lipinski definition) is 6. The van der Waals surface area contributed by atoms with Gasteiger partial charge in [0.2, 0.25) is 0 Å². The second kappa shape index (κ2) is 9.30. The smallest absolute Gasteiger partial charge is 0.278 e. The Morgan fingerprint density at radius 3 is 2.10 bits per heavy atom. The number of ether oxygens (including phenoxy) is 2. The minimum atomic E-state index is -0.168. The van der Waals surface area contributed by atoms with Crippen LogP contribution in [0.2, 0.25) is 0 Å². The number of rotatable bonds is 5. The molecule has 0 aromatic heterocycles. The van der Waals surface area contributed by atoms with Crippen molar-refractivity contribution in [2.24, 2.45) is 0 Å². The largest absolute Gasteiger partial charge is 0.493 e. The molecule has 2 aliphatic heterocycles. The van der Waals surface area contributed by atoms with Crippen molar-refractivity contribution < 1.29 is 19.1 Å². The molecule has 0 atom stereocenters. The summed E-state index contributed by atoms with van der Waals surface area (Å²) < 4.78 is 10.8. The first-order valence-electron chi connectivity index (χ1n) is 11.3. The lowest BCUT2D eigenvalue weighted by atomic mass is 10.0. The molecule has 3 aliphatic rings. The zero-order valence-electron chi connectivity index (χ0n) is 18.9. The van der Waals surface area contributed by atoms with Crippen molar-refractivity contribution in [2.75, 3.05) is 47.4 Å². The summed E-state index contributed by atoms with van der Waals surface area (Å²) in [4.78, 5) is 33.4. The van der Waals surface area contributed by atoms with Gasteiger partial charge in [-0.3, -0.25) is 14.5 Å². The minimum Gasteiger partial charge on any atom is -0.493 e. The molecular weight excluding hydrogens is 394 g/mol. The highest BCUT2D eigenvalue weighted by Gasteiger charge is 2.45. The van der Waals surface area contributed by atoms with E-state index in [1.807, 2.05) is 12.1 Å². The third-order valence-electron chi connectivity index (χ3n) is 6.77. The van der Waals surface area contributed by atoms with E-state index in [1.165, 1.54) is 12.8 Å². The number of benzene rings is 1. The number of hydrogen-bond donors (Lipinski definition) is 0. The average Bonchev–Trinajstić information content (AvgIpc) is 2.95. The maximum absolute atomic E-state index is 13.7. The number of methoxy groups -OCH3 is 2. The van der Waals surface area contributed by atoms with Crippen LogP contribution in [0.4, 0.5) is 0 Å². The molecule has 2 amide bonds. The molecule has 2 fully saturated rings. The molecule has 7 nitrogen and oxygen atoms in total. The lowest BCUT2D eigenvalue weighted by Gasteiger charge is -2.35. The fraction of sp³-hybridized carbons (Fsp3) is 0.583. The topological polar surface area (TPSA) is 62.3 Å². The Balaban J connectivity index is 1.76. The summed E-state index contributed by atoms with van der Waals surface area (Å²) in [6.07, 6.45) is 6.27. The van der Waals surface area contributed by atoms with E-state index in [1.54, 1.807) is 25.2 Å². The monoisotopic (exact) mass is 427 g/mol. The predicted molar refractivity (Wildman–Crippen MR) is 119 cm³/mol. The fourth-order valence-electron chi connectivity index (χ4n) is 4.96. The third-order valence-corrected chi connectivity index (χ3v) is 6.77. The van der Waals surface area contributed by atoms with Gasteiger partial charge < -0.3 is 19.3 Å².